The lowest BCUT2D eigenvalue weighted by molar-refractivity contribution is -0.170. The van der Waals surface area contributed by atoms with Gasteiger partial charge in [-0.1, -0.05) is 0 Å². The van der Waals surface area contributed by atoms with Crippen LogP contribution in [0, 0.1) is 0 Å². The molecule has 0 bridgehead atoms. The quantitative estimate of drug-likeness (QED) is 0.240. The number of carbonyl (C=O) groups is 3. The highest BCUT2D eigenvalue weighted by molar-refractivity contribution is 7.45. The highest BCUT2D eigenvalue weighted by Gasteiger charge is 2.40. The number of aliphatic hydroxyl groups is 1. The van der Waals surface area contributed by atoms with Crippen LogP contribution in [0.5, 0.6) is 0 Å². The molecule has 0 aromatic rings. The van der Waals surface area contributed by atoms with Gasteiger partial charge < -0.3 is 46.1 Å². The molecule has 0 rings (SSSR count). The topological polar surface area (TPSA) is 273 Å². The Morgan fingerprint density at radius 2 is 1.05 bits per heavy atom. The summed E-state index contributed by atoms with van der Waals surface area (Å²) in [5, 5.41) is 33.8. The Labute approximate surface area is 110 Å². The predicted octanol–water partition coefficient (Wildman–Crippen LogP) is -3.83. The molecule has 13 nitrogen and oxygen atoms in total. The fourth-order valence-corrected chi connectivity index (χ4v) is 0.714. The van der Waals surface area contributed by atoms with Crippen LogP contribution < -0.4 is 0 Å². The highest BCUT2D eigenvalue weighted by Crippen LogP contribution is 2.25. The molecule has 0 saturated heterocycles. The number of hydrogen-bond acceptors (Lipinski definition) is 5. The van der Waals surface area contributed by atoms with Gasteiger partial charge in [0.1, 0.15) is 0 Å². The molecule has 11 N–H and O–H groups in total. The molecular weight excluding hydrogens is 311 g/mol. The Kier molecular flexibility index (Phi) is 13.7. The van der Waals surface area contributed by atoms with Gasteiger partial charge in [-0.3, -0.25) is 9.59 Å². The molecule has 122 valence electrons. The SMILES string of the molecule is O.O.O=C(O)CC(O)(CC(=O)O)C(=O)O.O=P(O)(O)O. The number of carboxylic acids is 3. The van der Waals surface area contributed by atoms with Crippen molar-refractivity contribution in [1.82, 2.24) is 0 Å². The second-order valence-corrected chi connectivity index (χ2v) is 4.02. The van der Waals surface area contributed by atoms with Crippen LogP contribution in [0.1, 0.15) is 12.8 Å². The first-order valence-corrected chi connectivity index (χ1v) is 5.52. The van der Waals surface area contributed by atoms with Crippen molar-refractivity contribution in [2.45, 2.75) is 18.4 Å². The molecule has 0 spiro atoms. The zero-order valence-electron chi connectivity index (χ0n) is 9.62. The van der Waals surface area contributed by atoms with E-state index in [4.69, 9.17) is 39.7 Å². The van der Waals surface area contributed by atoms with Gasteiger partial charge in [0.25, 0.3) is 0 Å². The zero-order chi connectivity index (χ0) is 15.1. The van der Waals surface area contributed by atoms with Crippen LogP contribution in [0.15, 0.2) is 0 Å². The summed E-state index contributed by atoms with van der Waals surface area (Å²) in [7, 11) is -4.64. The van der Waals surface area contributed by atoms with E-state index in [1.54, 1.807) is 0 Å². The van der Waals surface area contributed by atoms with E-state index in [1.807, 2.05) is 0 Å². The van der Waals surface area contributed by atoms with Crippen molar-refractivity contribution in [2.24, 2.45) is 0 Å². The van der Waals surface area contributed by atoms with Crippen molar-refractivity contribution in [3.05, 3.63) is 0 Å². The monoisotopic (exact) mass is 326 g/mol. The Balaban J connectivity index is -0.000000158. The van der Waals surface area contributed by atoms with E-state index in [1.165, 1.54) is 0 Å². The molecule has 0 aliphatic heterocycles. The van der Waals surface area contributed by atoms with Crippen molar-refractivity contribution in [1.29, 1.82) is 0 Å². The van der Waals surface area contributed by atoms with Gasteiger partial charge in [0, 0.05) is 0 Å². The fourth-order valence-electron chi connectivity index (χ4n) is 0.714. The third kappa shape index (κ3) is 18.8. The van der Waals surface area contributed by atoms with Crippen LogP contribution in [0.4, 0.5) is 0 Å². The molecule has 0 radical (unpaired) electrons. The summed E-state index contributed by atoms with van der Waals surface area (Å²) in [6.07, 6.45) is -2.29. The molecule has 0 aliphatic carbocycles. The Bertz CT molecular complexity index is 345. The summed E-state index contributed by atoms with van der Waals surface area (Å²) in [6, 6.07) is 0. The minimum Gasteiger partial charge on any atom is -0.481 e. The van der Waals surface area contributed by atoms with Gasteiger partial charge in [-0.25, -0.2) is 9.36 Å². The van der Waals surface area contributed by atoms with Crippen molar-refractivity contribution in [3.63, 3.8) is 0 Å². The summed E-state index contributed by atoms with van der Waals surface area (Å²) in [5.41, 5.74) is -2.74. The summed E-state index contributed by atoms with van der Waals surface area (Å²) in [5.74, 6) is -5.02. The highest BCUT2D eigenvalue weighted by atomic mass is 31.2. The van der Waals surface area contributed by atoms with E-state index in [0.717, 1.165) is 0 Å². The van der Waals surface area contributed by atoms with E-state index in [0.29, 0.717) is 0 Å². The first-order valence-electron chi connectivity index (χ1n) is 3.95. The summed E-state index contributed by atoms with van der Waals surface area (Å²) < 4.78 is 8.88. The number of aliphatic carboxylic acids is 3. The standard InChI is InChI=1S/C6H8O7.H3O4P.2H2O/c7-3(8)1-6(13,5(11)12)2-4(9)10;1-5(2,3)4;;/h13H,1-2H2,(H,7,8)(H,9,10)(H,11,12);(H3,1,2,3,4);2*1H2. The van der Waals surface area contributed by atoms with Crippen LogP contribution in [-0.2, 0) is 18.9 Å². The van der Waals surface area contributed by atoms with Crippen LogP contribution in [-0.4, -0.2) is 69.6 Å². The van der Waals surface area contributed by atoms with Gasteiger partial charge in [-0.15, -0.1) is 0 Å². The summed E-state index contributed by atoms with van der Waals surface area (Å²) in [6.45, 7) is 0. The van der Waals surface area contributed by atoms with Crippen LogP contribution in [0.2, 0.25) is 0 Å². The maximum Gasteiger partial charge on any atom is 0.466 e. The zero-order valence-corrected chi connectivity index (χ0v) is 10.5. The van der Waals surface area contributed by atoms with Crippen LogP contribution >= 0.6 is 7.82 Å². The average molecular weight is 326 g/mol. The molecule has 14 heteroatoms. The van der Waals surface area contributed by atoms with E-state index >= 15 is 0 Å². The smallest absolute Gasteiger partial charge is 0.466 e. The lowest BCUT2D eigenvalue weighted by Gasteiger charge is -2.18. The Morgan fingerprint density at radius 1 is 0.850 bits per heavy atom. The molecule has 0 aromatic heterocycles. The van der Waals surface area contributed by atoms with E-state index < -0.39 is 44.2 Å². The molecule has 0 atom stereocenters. The molecule has 0 saturated carbocycles. The van der Waals surface area contributed by atoms with Gasteiger partial charge in [0.15, 0.2) is 5.60 Å². The molecule has 0 heterocycles. The van der Waals surface area contributed by atoms with E-state index in [9.17, 15) is 14.4 Å². The molecule has 0 unspecified atom stereocenters. The first kappa shape index (κ1) is 26.9. The van der Waals surface area contributed by atoms with Gasteiger partial charge >= 0.3 is 25.7 Å². The van der Waals surface area contributed by atoms with Crippen molar-refractivity contribution in [3.8, 4) is 0 Å². The largest absolute Gasteiger partial charge is 0.481 e. The third-order valence-corrected chi connectivity index (χ3v) is 1.29. The lowest BCUT2D eigenvalue weighted by atomic mass is 9.96. The maximum absolute atomic E-state index is 10.3. The second-order valence-electron chi connectivity index (χ2n) is 2.99. The summed E-state index contributed by atoms with van der Waals surface area (Å²) >= 11 is 0. The van der Waals surface area contributed by atoms with E-state index in [-0.39, 0.29) is 11.0 Å². The number of phosphoric acid groups is 1. The van der Waals surface area contributed by atoms with Crippen molar-refractivity contribution >= 4 is 25.7 Å². The first-order chi connectivity index (χ1) is 7.78. The minimum atomic E-state index is -4.64. The molecule has 20 heavy (non-hydrogen) atoms. The fraction of sp³-hybridized carbons (Fsp3) is 0.500. The van der Waals surface area contributed by atoms with Gasteiger partial charge in [-0.05, 0) is 0 Å². The average Bonchev–Trinajstić information content (AvgIpc) is 1.95. The summed E-state index contributed by atoms with van der Waals surface area (Å²) in [4.78, 5) is 52.0. The van der Waals surface area contributed by atoms with Crippen molar-refractivity contribution < 1.29 is 65.0 Å². The molecule has 0 aromatic carbocycles. The second kappa shape index (κ2) is 10.2. The van der Waals surface area contributed by atoms with Gasteiger partial charge in [-0.2, -0.15) is 0 Å². The molecular formula is C6H15O13P. The maximum atomic E-state index is 10.3. The number of hydrogen-bond donors (Lipinski definition) is 7. The predicted molar refractivity (Wildman–Crippen MR) is 58.6 cm³/mol. The molecule has 0 aliphatic rings. The van der Waals surface area contributed by atoms with Crippen LogP contribution in [0.25, 0.3) is 0 Å². The van der Waals surface area contributed by atoms with Gasteiger partial charge in [0.2, 0.25) is 0 Å². The molecule has 0 amide bonds. The van der Waals surface area contributed by atoms with E-state index in [2.05, 4.69) is 0 Å². The van der Waals surface area contributed by atoms with Gasteiger partial charge in [0.05, 0.1) is 12.8 Å². The Hall–Kier alpha value is -1.60. The minimum absolute atomic E-state index is 0. The molecule has 0 fully saturated rings. The number of rotatable bonds is 5. The van der Waals surface area contributed by atoms with Crippen LogP contribution in [0.3, 0.4) is 0 Å². The van der Waals surface area contributed by atoms with Crippen molar-refractivity contribution in [2.75, 3.05) is 0 Å². The Morgan fingerprint density at radius 3 is 1.15 bits per heavy atom. The lowest BCUT2D eigenvalue weighted by Crippen LogP contribution is -2.42. The normalized spacial score (nSPS) is 10.0. The number of carboxylic acid groups (broad SMARTS) is 3. The third-order valence-electron chi connectivity index (χ3n) is 1.29.